The number of halogens is 3. The number of fused-ring (bicyclic) bond motifs is 2. The quantitative estimate of drug-likeness (QED) is 0.527. The van der Waals surface area contributed by atoms with Crippen molar-refractivity contribution in [1.29, 1.82) is 0 Å². The molecule has 0 aliphatic carbocycles. The van der Waals surface area contributed by atoms with E-state index in [1.54, 1.807) is 7.11 Å². The zero-order valence-electron chi connectivity index (χ0n) is 20.0. The van der Waals surface area contributed by atoms with Crippen molar-refractivity contribution >= 4 is 5.91 Å². The van der Waals surface area contributed by atoms with Crippen LogP contribution in [0.5, 0.6) is 5.75 Å². The van der Waals surface area contributed by atoms with Gasteiger partial charge in [-0.25, -0.2) is 0 Å². The number of methoxy groups -OCH3 is 1. The molecule has 2 aliphatic rings. The van der Waals surface area contributed by atoms with Crippen LogP contribution in [0, 0.1) is 13.8 Å². The maximum atomic E-state index is 13.0. The highest BCUT2D eigenvalue weighted by atomic mass is 19.4. The lowest BCUT2D eigenvalue weighted by Crippen LogP contribution is -2.49. The van der Waals surface area contributed by atoms with Crippen LogP contribution in [0.4, 0.5) is 13.2 Å². The molecule has 0 radical (unpaired) electrons. The van der Waals surface area contributed by atoms with Gasteiger partial charge in [0.15, 0.2) is 0 Å². The van der Waals surface area contributed by atoms with E-state index in [1.165, 1.54) is 23.3 Å². The van der Waals surface area contributed by atoms with Gasteiger partial charge in [0, 0.05) is 43.9 Å². The van der Waals surface area contributed by atoms with Crippen molar-refractivity contribution in [2.24, 2.45) is 0 Å². The summed E-state index contributed by atoms with van der Waals surface area (Å²) in [5.41, 5.74) is 3.11. The number of likely N-dealkylation sites (tertiary alicyclic amines) is 2. The number of hydrogen-bond acceptors (Lipinski definition) is 4. The maximum Gasteiger partial charge on any atom is 0.416 e. The van der Waals surface area contributed by atoms with Crippen LogP contribution in [0.3, 0.4) is 0 Å². The third-order valence-electron chi connectivity index (χ3n) is 7.27. The smallest absolute Gasteiger partial charge is 0.416 e. The topological polar surface area (TPSA) is 42.0 Å². The van der Waals surface area contributed by atoms with E-state index in [1.807, 2.05) is 11.0 Å². The Labute approximate surface area is 198 Å². The SMILES string of the molecule is COCCOc1ccc([C@@H](C)N2C[C@@H]3C[C@H]2CN3C(=O)c2ccc(C(F)(F)F)cc2)c(C)c1C. The molecule has 0 unspecified atom stereocenters. The Morgan fingerprint density at radius 1 is 1.03 bits per heavy atom. The fourth-order valence-electron chi connectivity index (χ4n) is 5.23. The minimum absolute atomic E-state index is 0.0697. The Balaban J connectivity index is 1.42. The number of amides is 1. The first-order valence-corrected chi connectivity index (χ1v) is 11.6. The van der Waals surface area contributed by atoms with E-state index >= 15 is 0 Å². The van der Waals surface area contributed by atoms with Gasteiger partial charge in [0.05, 0.1) is 12.2 Å². The first kappa shape index (κ1) is 24.5. The van der Waals surface area contributed by atoms with Crippen molar-refractivity contribution in [3.8, 4) is 5.75 Å². The summed E-state index contributed by atoms with van der Waals surface area (Å²) in [4.78, 5) is 17.3. The molecule has 4 rings (SSSR count). The molecule has 5 nitrogen and oxygen atoms in total. The molecule has 2 saturated heterocycles. The lowest BCUT2D eigenvalue weighted by atomic mass is 9.96. The molecule has 34 heavy (non-hydrogen) atoms. The Bertz CT molecular complexity index is 1040. The molecule has 1 amide bonds. The summed E-state index contributed by atoms with van der Waals surface area (Å²) in [5, 5.41) is 0. The first-order valence-electron chi connectivity index (χ1n) is 11.6. The van der Waals surface area contributed by atoms with Crippen molar-refractivity contribution in [2.75, 3.05) is 33.4 Å². The molecule has 2 heterocycles. The molecule has 2 aliphatic heterocycles. The number of carbonyl (C=O) groups is 1. The highest BCUT2D eigenvalue weighted by Gasteiger charge is 2.47. The lowest BCUT2D eigenvalue weighted by molar-refractivity contribution is -0.137. The predicted octanol–water partition coefficient (Wildman–Crippen LogP) is 5.01. The summed E-state index contributed by atoms with van der Waals surface area (Å²) in [6.07, 6.45) is -3.53. The van der Waals surface area contributed by atoms with E-state index in [2.05, 4.69) is 31.7 Å². The second kappa shape index (κ2) is 9.58. The van der Waals surface area contributed by atoms with Gasteiger partial charge >= 0.3 is 6.18 Å². The Morgan fingerprint density at radius 3 is 2.32 bits per heavy atom. The van der Waals surface area contributed by atoms with Gasteiger partial charge in [-0.1, -0.05) is 6.07 Å². The first-order chi connectivity index (χ1) is 16.1. The van der Waals surface area contributed by atoms with E-state index in [0.29, 0.717) is 25.3 Å². The zero-order valence-corrected chi connectivity index (χ0v) is 20.0. The number of carbonyl (C=O) groups excluding carboxylic acids is 1. The second-order valence-electron chi connectivity index (χ2n) is 9.19. The largest absolute Gasteiger partial charge is 0.491 e. The van der Waals surface area contributed by atoms with Crippen molar-refractivity contribution in [3.05, 3.63) is 64.2 Å². The lowest BCUT2D eigenvalue weighted by Gasteiger charge is -2.38. The van der Waals surface area contributed by atoms with Crippen LogP contribution in [0.2, 0.25) is 0 Å². The number of rotatable bonds is 7. The van der Waals surface area contributed by atoms with Crippen LogP contribution < -0.4 is 4.74 Å². The van der Waals surface area contributed by atoms with E-state index in [-0.39, 0.29) is 24.0 Å². The molecule has 2 bridgehead atoms. The summed E-state index contributed by atoms with van der Waals surface area (Å²) in [6.45, 7) is 8.75. The number of piperazine rings is 1. The van der Waals surface area contributed by atoms with Gasteiger partial charge in [0.25, 0.3) is 5.91 Å². The van der Waals surface area contributed by atoms with Gasteiger partial charge in [0.2, 0.25) is 0 Å². The normalized spacial score (nSPS) is 21.2. The van der Waals surface area contributed by atoms with Gasteiger partial charge in [-0.2, -0.15) is 13.2 Å². The summed E-state index contributed by atoms with van der Waals surface area (Å²) in [7, 11) is 1.65. The molecule has 0 aromatic heterocycles. The Morgan fingerprint density at radius 2 is 1.74 bits per heavy atom. The predicted molar refractivity (Wildman–Crippen MR) is 123 cm³/mol. The average molecular weight is 477 g/mol. The van der Waals surface area contributed by atoms with Gasteiger partial charge in [-0.05, 0) is 74.2 Å². The molecular weight excluding hydrogens is 445 g/mol. The van der Waals surface area contributed by atoms with Crippen LogP contribution in [-0.4, -0.2) is 61.2 Å². The monoisotopic (exact) mass is 476 g/mol. The van der Waals surface area contributed by atoms with Gasteiger partial charge in [-0.15, -0.1) is 0 Å². The van der Waals surface area contributed by atoms with E-state index in [9.17, 15) is 18.0 Å². The Kier molecular flexibility index (Phi) is 6.92. The van der Waals surface area contributed by atoms with Crippen molar-refractivity contribution in [2.45, 2.75) is 51.5 Å². The minimum Gasteiger partial charge on any atom is -0.491 e. The van der Waals surface area contributed by atoms with Crippen LogP contribution in [0.1, 0.15) is 52.0 Å². The highest BCUT2D eigenvalue weighted by molar-refractivity contribution is 5.94. The van der Waals surface area contributed by atoms with E-state index in [0.717, 1.165) is 36.4 Å². The Hall–Kier alpha value is -2.58. The highest BCUT2D eigenvalue weighted by Crippen LogP contribution is 2.39. The molecule has 0 N–H and O–H groups in total. The zero-order chi connectivity index (χ0) is 24.6. The van der Waals surface area contributed by atoms with Crippen molar-refractivity contribution < 1.29 is 27.4 Å². The van der Waals surface area contributed by atoms with Crippen molar-refractivity contribution in [3.63, 3.8) is 0 Å². The third-order valence-corrected chi connectivity index (χ3v) is 7.27. The average Bonchev–Trinajstić information content (AvgIpc) is 3.42. The van der Waals surface area contributed by atoms with E-state index in [4.69, 9.17) is 9.47 Å². The summed E-state index contributed by atoms with van der Waals surface area (Å²) in [5.74, 6) is 0.667. The molecule has 8 heteroatoms. The number of ether oxygens (including phenoxy) is 2. The molecule has 0 spiro atoms. The summed E-state index contributed by atoms with van der Waals surface area (Å²) in [6, 6.07) is 9.12. The van der Waals surface area contributed by atoms with E-state index < -0.39 is 11.7 Å². The minimum atomic E-state index is -4.41. The van der Waals surface area contributed by atoms with Gasteiger partial charge < -0.3 is 14.4 Å². The summed E-state index contributed by atoms with van der Waals surface area (Å²) >= 11 is 0. The molecule has 184 valence electrons. The molecule has 2 fully saturated rings. The van der Waals surface area contributed by atoms with Crippen molar-refractivity contribution in [1.82, 2.24) is 9.80 Å². The van der Waals surface area contributed by atoms with Crippen LogP contribution in [-0.2, 0) is 10.9 Å². The van der Waals surface area contributed by atoms with Gasteiger partial charge in [-0.3, -0.25) is 9.69 Å². The molecular formula is C26H31F3N2O3. The van der Waals surface area contributed by atoms with Gasteiger partial charge in [0.1, 0.15) is 12.4 Å². The number of nitrogens with zero attached hydrogens (tertiary/aromatic N) is 2. The third kappa shape index (κ3) is 4.66. The molecule has 3 atom stereocenters. The number of hydrogen-bond donors (Lipinski definition) is 0. The van der Waals surface area contributed by atoms with Crippen LogP contribution in [0.15, 0.2) is 36.4 Å². The number of alkyl halides is 3. The van der Waals surface area contributed by atoms with Crippen LogP contribution >= 0.6 is 0 Å². The fraction of sp³-hybridized carbons (Fsp3) is 0.500. The standard InChI is InChI=1S/C26H31F3N2O3/c1-16-17(2)24(34-12-11-33-4)10-9-23(16)18(3)30-14-22-13-21(30)15-31(22)25(32)19-5-7-20(8-6-19)26(27,28)29/h5-10,18,21-22H,11-15H2,1-4H3/t18-,21+,22+/m1/s1. The number of benzene rings is 2. The van der Waals surface area contributed by atoms with Crippen LogP contribution in [0.25, 0.3) is 0 Å². The molecule has 2 aromatic carbocycles. The molecule has 0 saturated carbocycles. The molecule has 2 aromatic rings. The fourth-order valence-corrected chi connectivity index (χ4v) is 5.23. The second-order valence-corrected chi connectivity index (χ2v) is 9.19. The summed E-state index contributed by atoms with van der Waals surface area (Å²) < 4.78 is 49.4. The maximum absolute atomic E-state index is 13.0.